The van der Waals surface area contributed by atoms with E-state index in [9.17, 15) is 4.79 Å². The molecule has 1 aromatic carbocycles. The lowest BCUT2D eigenvalue weighted by molar-refractivity contribution is -0.121. The Balaban J connectivity index is 1.68. The van der Waals surface area contributed by atoms with E-state index in [1.54, 1.807) is 14.1 Å². The minimum atomic E-state index is 0.134. The van der Waals surface area contributed by atoms with Gasteiger partial charge in [0.15, 0.2) is 5.96 Å². The first-order valence-corrected chi connectivity index (χ1v) is 8.98. The zero-order chi connectivity index (χ0) is 18.1. The van der Waals surface area contributed by atoms with Crippen LogP contribution in [0.1, 0.15) is 24.8 Å². The molecule has 2 rings (SSSR count). The number of nitrogens with one attached hydrogen (secondary N) is 2. The molecule has 1 aliphatic rings. The highest BCUT2D eigenvalue weighted by atomic mass is 16.5. The number of guanidine groups is 1. The number of amides is 1. The standard InChI is InChI=1S/C19H30N4O2/c1-15-4-6-17(7-5-15)25-13-10-22-19(21-3)23-11-8-16(9-12-23)14-18(24)20-2/h4-7,16H,8-14H2,1-3H3,(H,20,24)(H,21,22). The lowest BCUT2D eigenvalue weighted by atomic mass is 9.93. The maximum Gasteiger partial charge on any atom is 0.220 e. The summed E-state index contributed by atoms with van der Waals surface area (Å²) in [5.41, 5.74) is 1.23. The molecule has 0 radical (unpaired) electrons. The van der Waals surface area contributed by atoms with Gasteiger partial charge in [0, 0.05) is 33.6 Å². The van der Waals surface area contributed by atoms with Crippen LogP contribution in [0.5, 0.6) is 5.75 Å². The fourth-order valence-corrected chi connectivity index (χ4v) is 3.01. The number of hydrogen-bond acceptors (Lipinski definition) is 3. The van der Waals surface area contributed by atoms with Gasteiger partial charge in [-0.15, -0.1) is 0 Å². The SMILES string of the molecule is CN=C(NCCOc1ccc(C)cc1)N1CCC(CC(=O)NC)CC1. The summed E-state index contributed by atoms with van der Waals surface area (Å²) in [7, 11) is 3.50. The van der Waals surface area contributed by atoms with Gasteiger partial charge in [0.25, 0.3) is 0 Å². The Morgan fingerprint density at radius 3 is 2.56 bits per heavy atom. The normalized spacial score (nSPS) is 15.8. The van der Waals surface area contributed by atoms with E-state index in [4.69, 9.17) is 4.74 Å². The van der Waals surface area contributed by atoms with Crippen LogP contribution in [0, 0.1) is 12.8 Å². The van der Waals surface area contributed by atoms with Crippen molar-refractivity contribution in [2.75, 3.05) is 40.3 Å². The first-order valence-electron chi connectivity index (χ1n) is 8.98. The van der Waals surface area contributed by atoms with Crippen molar-refractivity contribution in [1.29, 1.82) is 0 Å². The van der Waals surface area contributed by atoms with Crippen LogP contribution in [0.25, 0.3) is 0 Å². The highest BCUT2D eigenvalue weighted by molar-refractivity contribution is 5.80. The van der Waals surface area contributed by atoms with E-state index in [0.29, 0.717) is 25.5 Å². The number of aryl methyl sites for hydroxylation is 1. The molecule has 0 unspecified atom stereocenters. The van der Waals surface area contributed by atoms with Crippen LogP contribution in [-0.2, 0) is 4.79 Å². The van der Waals surface area contributed by atoms with E-state index in [1.165, 1.54) is 5.56 Å². The molecule has 1 heterocycles. The van der Waals surface area contributed by atoms with Crippen molar-refractivity contribution in [3.63, 3.8) is 0 Å². The van der Waals surface area contributed by atoms with Crippen LogP contribution in [0.3, 0.4) is 0 Å². The minimum Gasteiger partial charge on any atom is -0.492 e. The van der Waals surface area contributed by atoms with Gasteiger partial charge in [-0.3, -0.25) is 9.79 Å². The fraction of sp³-hybridized carbons (Fsp3) is 0.579. The van der Waals surface area contributed by atoms with Crippen LogP contribution in [-0.4, -0.2) is 57.1 Å². The van der Waals surface area contributed by atoms with Crippen molar-refractivity contribution < 1.29 is 9.53 Å². The first-order chi connectivity index (χ1) is 12.1. The number of hydrogen-bond donors (Lipinski definition) is 2. The first kappa shape index (κ1) is 19.1. The molecule has 2 N–H and O–H groups in total. The predicted octanol–water partition coefficient (Wildman–Crippen LogP) is 1.80. The van der Waals surface area contributed by atoms with Gasteiger partial charge >= 0.3 is 0 Å². The summed E-state index contributed by atoms with van der Waals surface area (Å²) < 4.78 is 5.74. The average Bonchev–Trinajstić information content (AvgIpc) is 2.64. The van der Waals surface area contributed by atoms with Crippen molar-refractivity contribution in [2.45, 2.75) is 26.2 Å². The van der Waals surface area contributed by atoms with Gasteiger partial charge in [0.2, 0.25) is 5.91 Å². The maximum atomic E-state index is 11.5. The summed E-state index contributed by atoms with van der Waals surface area (Å²) in [6.07, 6.45) is 2.67. The van der Waals surface area contributed by atoms with E-state index in [-0.39, 0.29) is 5.91 Å². The van der Waals surface area contributed by atoms with Gasteiger partial charge in [-0.25, -0.2) is 0 Å². The summed E-state index contributed by atoms with van der Waals surface area (Å²) in [6, 6.07) is 8.07. The van der Waals surface area contributed by atoms with Gasteiger partial charge in [-0.2, -0.15) is 0 Å². The molecule has 1 saturated heterocycles. The molecule has 1 fully saturated rings. The van der Waals surface area contributed by atoms with Gasteiger partial charge in [0.05, 0.1) is 6.54 Å². The lowest BCUT2D eigenvalue weighted by Gasteiger charge is -2.34. The Morgan fingerprint density at radius 2 is 1.96 bits per heavy atom. The van der Waals surface area contributed by atoms with Crippen LogP contribution >= 0.6 is 0 Å². The molecule has 1 amide bonds. The minimum absolute atomic E-state index is 0.134. The molecular formula is C19H30N4O2. The third kappa shape index (κ3) is 6.29. The van der Waals surface area contributed by atoms with Crippen molar-refractivity contribution in [3.8, 4) is 5.75 Å². The highest BCUT2D eigenvalue weighted by Crippen LogP contribution is 2.20. The molecule has 0 aromatic heterocycles. The summed E-state index contributed by atoms with van der Waals surface area (Å²) in [5, 5.41) is 6.06. The lowest BCUT2D eigenvalue weighted by Crippen LogP contribution is -2.46. The van der Waals surface area contributed by atoms with Crippen molar-refractivity contribution in [1.82, 2.24) is 15.5 Å². The quantitative estimate of drug-likeness (QED) is 0.468. The number of nitrogens with zero attached hydrogens (tertiary/aromatic N) is 2. The Hall–Kier alpha value is -2.24. The Morgan fingerprint density at radius 1 is 1.28 bits per heavy atom. The van der Waals surface area contributed by atoms with E-state index in [1.807, 2.05) is 24.3 Å². The smallest absolute Gasteiger partial charge is 0.220 e. The Kier molecular flexibility index (Phi) is 7.57. The molecule has 0 atom stereocenters. The number of benzene rings is 1. The average molecular weight is 346 g/mol. The van der Waals surface area contributed by atoms with E-state index < -0.39 is 0 Å². The monoisotopic (exact) mass is 346 g/mol. The summed E-state index contributed by atoms with van der Waals surface area (Å²) >= 11 is 0. The largest absolute Gasteiger partial charge is 0.492 e. The van der Waals surface area contributed by atoms with Gasteiger partial charge in [0.1, 0.15) is 12.4 Å². The van der Waals surface area contributed by atoms with Gasteiger partial charge < -0.3 is 20.3 Å². The molecule has 0 spiro atoms. The van der Waals surface area contributed by atoms with E-state index in [0.717, 1.165) is 37.6 Å². The van der Waals surface area contributed by atoms with Crippen LogP contribution in [0.15, 0.2) is 29.3 Å². The topological polar surface area (TPSA) is 66.0 Å². The highest BCUT2D eigenvalue weighted by Gasteiger charge is 2.22. The molecule has 0 bridgehead atoms. The molecule has 0 saturated carbocycles. The van der Waals surface area contributed by atoms with E-state index >= 15 is 0 Å². The molecule has 6 heteroatoms. The number of ether oxygens (including phenoxy) is 1. The van der Waals surface area contributed by atoms with Crippen LogP contribution in [0.4, 0.5) is 0 Å². The van der Waals surface area contributed by atoms with Crippen LogP contribution < -0.4 is 15.4 Å². The van der Waals surface area contributed by atoms with Crippen molar-refractivity contribution in [2.24, 2.45) is 10.9 Å². The Bertz CT molecular complexity index is 563. The second kappa shape index (κ2) is 9.91. The molecule has 1 aliphatic heterocycles. The number of likely N-dealkylation sites (tertiary alicyclic amines) is 1. The number of piperidine rings is 1. The second-order valence-corrected chi connectivity index (χ2v) is 6.44. The number of rotatable bonds is 6. The van der Waals surface area contributed by atoms with Crippen molar-refractivity contribution >= 4 is 11.9 Å². The number of carbonyl (C=O) groups excluding carboxylic acids is 1. The molecule has 25 heavy (non-hydrogen) atoms. The molecule has 0 aliphatic carbocycles. The molecule has 1 aromatic rings. The number of carbonyl (C=O) groups is 1. The summed E-state index contributed by atoms with van der Waals surface area (Å²) in [5.74, 6) is 2.40. The van der Waals surface area contributed by atoms with E-state index in [2.05, 4.69) is 27.4 Å². The molecule has 6 nitrogen and oxygen atoms in total. The zero-order valence-electron chi connectivity index (χ0n) is 15.5. The predicted molar refractivity (Wildman–Crippen MR) is 101 cm³/mol. The van der Waals surface area contributed by atoms with Crippen molar-refractivity contribution in [3.05, 3.63) is 29.8 Å². The maximum absolute atomic E-state index is 11.5. The summed E-state index contributed by atoms with van der Waals surface area (Å²) in [4.78, 5) is 18.1. The number of aliphatic imine (C=N–C) groups is 1. The van der Waals surface area contributed by atoms with Crippen LogP contribution in [0.2, 0.25) is 0 Å². The molecule has 138 valence electrons. The Labute approximate surface area is 150 Å². The third-order valence-corrected chi connectivity index (χ3v) is 4.55. The fourth-order valence-electron chi connectivity index (χ4n) is 3.01. The summed E-state index contributed by atoms with van der Waals surface area (Å²) in [6.45, 7) is 5.22. The third-order valence-electron chi connectivity index (χ3n) is 4.55. The van der Waals surface area contributed by atoms with Gasteiger partial charge in [-0.05, 0) is 37.8 Å². The second-order valence-electron chi connectivity index (χ2n) is 6.44. The zero-order valence-corrected chi connectivity index (χ0v) is 15.5. The van der Waals surface area contributed by atoms with Gasteiger partial charge in [-0.1, -0.05) is 17.7 Å². The molecular weight excluding hydrogens is 316 g/mol.